The summed E-state index contributed by atoms with van der Waals surface area (Å²) in [5.41, 5.74) is 2.15. The Kier molecular flexibility index (Phi) is 2.29. The van der Waals surface area contributed by atoms with Gasteiger partial charge in [0.25, 0.3) is 0 Å². The number of aromatic amines is 1. The first-order chi connectivity index (χ1) is 4.86. The highest BCUT2D eigenvalue weighted by Gasteiger charge is 1.93. The lowest BCUT2D eigenvalue weighted by Gasteiger charge is -1.81. The molecule has 0 aliphatic heterocycles. The van der Waals surface area contributed by atoms with Gasteiger partial charge in [-0.1, -0.05) is 12.1 Å². The maximum absolute atomic E-state index is 4.26. The van der Waals surface area contributed by atoms with E-state index < -0.39 is 0 Å². The summed E-state index contributed by atoms with van der Waals surface area (Å²) in [5.74, 6) is 0.973. The first kappa shape index (κ1) is 8.27. The highest BCUT2D eigenvalue weighted by molar-refractivity contribution is 8.93. The third-order valence-electron chi connectivity index (χ3n) is 1.51. The number of nitrogens with one attached hydrogen (secondary N) is 1. The Morgan fingerprint density at radius 2 is 2.00 bits per heavy atom. The summed E-state index contributed by atoms with van der Waals surface area (Å²) in [7, 11) is 0. The van der Waals surface area contributed by atoms with Crippen LogP contribution in [0.2, 0.25) is 0 Å². The van der Waals surface area contributed by atoms with Crippen molar-refractivity contribution in [2.45, 2.75) is 6.92 Å². The molecule has 0 saturated carbocycles. The summed E-state index contributed by atoms with van der Waals surface area (Å²) in [4.78, 5) is 7.40. The molecular weight excluding hydrogens is 204 g/mol. The molecule has 1 aromatic carbocycles. The molecule has 0 amide bonds. The minimum absolute atomic E-state index is 0. The molecule has 2 aromatic rings. The van der Waals surface area contributed by atoms with E-state index in [-0.39, 0.29) is 17.0 Å². The van der Waals surface area contributed by atoms with Crippen molar-refractivity contribution in [3.8, 4) is 0 Å². The molecule has 1 heterocycles. The van der Waals surface area contributed by atoms with Crippen LogP contribution >= 0.6 is 17.0 Å². The summed E-state index contributed by atoms with van der Waals surface area (Å²) < 4.78 is 0. The average Bonchev–Trinajstić information content (AvgIpc) is 2.27. The van der Waals surface area contributed by atoms with Gasteiger partial charge in [-0.3, -0.25) is 0 Å². The molecule has 0 aliphatic rings. The van der Waals surface area contributed by atoms with Crippen molar-refractivity contribution in [1.82, 2.24) is 9.97 Å². The fourth-order valence-electron chi connectivity index (χ4n) is 1.08. The summed E-state index contributed by atoms with van der Waals surface area (Å²) >= 11 is 0. The Labute approximate surface area is 75.4 Å². The van der Waals surface area contributed by atoms with E-state index in [1.165, 1.54) is 0 Å². The molecule has 0 radical (unpaired) electrons. The van der Waals surface area contributed by atoms with Crippen molar-refractivity contribution in [3.05, 3.63) is 30.1 Å². The van der Waals surface area contributed by atoms with Gasteiger partial charge in [0.1, 0.15) is 5.82 Å². The van der Waals surface area contributed by atoms with E-state index in [0.717, 1.165) is 16.9 Å². The van der Waals surface area contributed by atoms with E-state index in [1.807, 2.05) is 31.2 Å². The van der Waals surface area contributed by atoms with Crippen molar-refractivity contribution in [2.24, 2.45) is 0 Å². The molecule has 0 fully saturated rings. The van der Waals surface area contributed by atoms with Gasteiger partial charge >= 0.3 is 0 Å². The second-order valence-electron chi connectivity index (χ2n) is 2.34. The number of rotatable bonds is 0. The smallest absolute Gasteiger partial charge is 0.104 e. The zero-order valence-electron chi connectivity index (χ0n) is 6.16. The van der Waals surface area contributed by atoms with Crippen LogP contribution in [0.1, 0.15) is 5.82 Å². The number of halogens is 1. The van der Waals surface area contributed by atoms with E-state index in [0.29, 0.717) is 0 Å². The van der Waals surface area contributed by atoms with E-state index in [1.54, 1.807) is 0 Å². The molecule has 2 rings (SSSR count). The topological polar surface area (TPSA) is 28.7 Å². The number of hydrogen-bond acceptors (Lipinski definition) is 1. The van der Waals surface area contributed by atoms with Crippen molar-refractivity contribution < 1.29 is 0 Å². The lowest BCUT2D eigenvalue weighted by molar-refractivity contribution is 1.17. The number of imidazole rings is 1. The van der Waals surface area contributed by atoms with Crippen molar-refractivity contribution in [1.29, 1.82) is 0 Å². The van der Waals surface area contributed by atoms with E-state index in [2.05, 4.69) is 9.97 Å². The minimum atomic E-state index is 0. The molecule has 58 valence electrons. The standard InChI is InChI=1S/C8H8N2.BrH/c1-6-9-7-4-2-3-5-8(7)10-6;/h2-5H,1H3,(H,9,10);1H. The van der Waals surface area contributed by atoms with Crippen LogP contribution in [0, 0.1) is 6.92 Å². The van der Waals surface area contributed by atoms with Crippen molar-refractivity contribution in [2.75, 3.05) is 0 Å². The lowest BCUT2D eigenvalue weighted by Crippen LogP contribution is -1.68. The predicted molar refractivity (Wildman–Crippen MR) is 51.2 cm³/mol. The van der Waals surface area contributed by atoms with Gasteiger partial charge in [-0.05, 0) is 19.1 Å². The molecule has 0 bridgehead atoms. The van der Waals surface area contributed by atoms with Gasteiger partial charge < -0.3 is 4.98 Å². The summed E-state index contributed by atoms with van der Waals surface area (Å²) in [5, 5.41) is 0. The molecule has 0 atom stereocenters. The third kappa shape index (κ3) is 1.43. The highest BCUT2D eigenvalue weighted by Crippen LogP contribution is 2.08. The number of aromatic nitrogens is 2. The zero-order chi connectivity index (χ0) is 6.97. The Balaban J connectivity index is 0.000000605. The Morgan fingerprint density at radius 3 is 2.73 bits per heavy atom. The highest BCUT2D eigenvalue weighted by atomic mass is 79.9. The molecule has 1 N–H and O–H groups in total. The van der Waals surface area contributed by atoms with E-state index in [9.17, 15) is 0 Å². The summed E-state index contributed by atoms with van der Waals surface area (Å²) in [6.07, 6.45) is 0. The first-order valence-corrected chi connectivity index (χ1v) is 3.27. The van der Waals surface area contributed by atoms with Crippen LogP contribution in [0.3, 0.4) is 0 Å². The molecule has 2 nitrogen and oxygen atoms in total. The van der Waals surface area contributed by atoms with Crippen LogP contribution in [0.25, 0.3) is 11.0 Å². The van der Waals surface area contributed by atoms with Crippen LogP contribution in [0.5, 0.6) is 0 Å². The van der Waals surface area contributed by atoms with Crippen LogP contribution in [-0.4, -0.2) is 9.97 Å². The molecule has 1 aromatic heterocycles. The number of para-hydroxylation sites is 2. The number of H-pyrrole nitrogens is 1. The maximum atomic E-state index is 4.26. The van der Waals surface area contributed by atoms with E-state index >= 15 is 0 Å². The normalized spacial score (nSPS) is 9.55. The van der Waals surface area contributed by atoms with Gasteiger partial charge in [0.05, 0.1) is 11.0 Å². The number of benzene rings is 1. The number of fused-ring (bicyclic) bond motifs is 1. The second-order valence-corrected chi connectivity index (χ2v) is 2.34. The zero-order valence-corrected chi connectivity index (χ0v) is 7.88. The molecule has 0 aliphatic carbocycles. The SMILES string of the molecule is Br.Cc1nc2ccccc2[nH]1. The van der Waals surface area contributed by atoms with Crippen molar-refractivity contribution in [3.63, 3.8) is 0 Å². The quantitative estimate of drug-likeness (QED) is 0.715. The monoisotopic (exact) mass is 212 g/mol. The van der Waals surface area contributed by atoms with Gasteiger partial charge in [-0.25, -0.2) is 4.98 Å². The van der Waals surface area contributed by atoms with E-state index in [4.69, 9.17) is 0 Å². The van der Waals surface area contributed by atoms with Gasteiger partial charge in [-0.2, -0.15) is 0 Å². The van der Waals surface area contributed by atoms with Gasteiger partial charge in [0.2, 0.25) is 0 Å². The summed E-state index contributed by atoms with van der Waals surface area (Å²) in [6.45, 7) is 1.96. The fraction of sp³-hybridized carbons (Fsp3) is 0.125. The summed E-state index contributed by atoms with van der Waals surface area (Å²) in [6, 6.07) is 8.01. The molecule has 0 spiro atoms. The van der Waals surface area contributed by atoms with Gasteiger partial charge in [0.15, 0.2) is 0 Å². The molecule has 0 saturated heterocycles. The fourth-order valence-corrected chi connectivity index (χ4v) is 1.08. The average molecular weight is 213 g/mol. The Bertz CT molecular complexity index is 321. The molecule has 0 unspecified atom stereocenters. The van der Waals surface area contributed by atoms with Crippen molar-refractivity contribution >= 4 is 28.0 Å². The number of hydrogen-bond donors (Lipinski definition) is 1. The van der Waals surface area contributed by atoms with Gasteiger partial charge in [-0.15, -0.1) is 17.0 Å². The largest absolute Gasteiger partial charge is 0.342 e. The predicted octanol–water partition coefficient (Wildman–Crippen LogP) is 2.45. The second kappa shape index (κ2) is 3.05. The van der Waals surface area contributed by atoms with Crippen LogP contribution in [-0.2, 0) is 0 Å². The lowest BCUT2D eigenvalue weighted by atomic mass is 10.3. The van der Waals surface area contributed by atoms with Crippen LogP contribution < -0.4 is 0 Å². The Hall–Kier alpha value is -0.830. The van der Waals surface area contributed by atoms with Crippen LogP contribution in [0.4, 0.5) is 0 Å². The molecular formula is C8H9BrN2. The molecule has 11 heavy (non-hydrogen) atoms. The Morgan fingerprint density at radius 1 is 1.27 bits per heavy atom. The first-order valence-electron chi connectivity index (χ1n) is 3.27. The minimum Gasteiger partial charge on any atom is -0.342 e. The maximum Gasteiger partial charge on any atom is 0.104 e. The third-order valence-corrected chi connectivity index (χ3v) is 1.51. The van der Waals surface area contributed by atoms with Crippen LogP contribution in [0.15, 0.2) is 24.3 Å². The number of nitrogens with zero attached hydrogens (tertiary/aromatic N) is 1. The van der Waals surface area contributed by atoms with Gasteiger partial charge in [0, 0.05) is 0 Å². The number of aryl methyl sites for hydroxylation is 1. The molecule has 3 heteroatoms.